The number of fused-ring (bicyclic) bond motifs is 2. The molecule has 0 radical (unpaired) electrons. The van der Waals surface area contributed by atoms with Gasteiger partial charge >= 0.3 is 0 Å². The summed E-state index contributed by atoms with van der Waals surface area (Å²) in [5.41, 5.74) is 3.51. The summed E-state index contributed by atoms with van der Waals surface area (Å²) in [5, 5.41) is 11.1. The van der Waals surface area contributed by atoms with E-state index in [-0.39, 0.29) is 42.4 Å². The number of halogens is 4. The van der Waals surface area contributed by atoms with Crippen LogP contribution in [0.2, 0.25) is 20.1 Å². The van der Waals surface area contributed by atoms with Crippen LogP contribution in [0.15, 0.2) is 21.3 Å². The molecule has 2 aliphatic rings. The zero-order valence-corrected chi connectivity index (χ0v) is 20.4. The number of carbonyl (C=O) groups excluding carboxylic acids is 1. The summed E-state index contributed by atoms with van der Waals surface area (Å²) in [6, 6.07) is 3.41. The molecule has 1 aliphatic carbocycles. The van der Waals surface area contributed by atoms with Gasteiger partial charge < -0.3 is 9.52 Å². The molecule has 0 saturated heterocycles. The number of carbonyl (C=O) groups is 1. The van der Waals surface area contributed by atoms with E-state index >= 15 is 0 Å². The van der Waals surface area contributed by atoms with Crippen molar-refractivity contribution in [1.82, 2.24) is 0 Å². The number of hydrogen-bond acceptors (Lipinski definition) is 4. The van der Waals surface area contributed by atoms with E-state index in [4.69, 9.17) is 50.8 Å². The summed E-state index contributed by atoms with van der Waals surface area (Å²) in [6.45, 7) is 0. The van der Waals surface area contributed by atoms with Gasteiger partial charge in [-0.25, -0.2) is 0 Å². The Morgan fingerprint density at radius 1 is 0.844 bits per heavy atom. The lowest BCUT2D eigenvalue weighted by atomic mass is 9.77. The van der Waals surface area contributed by atoms with E-state index in [1.807, 2.05) is 0 Å². The smallest absolute Gasteiger partial charge is 0.169 e. The predicted molar refractivity (Wildman–Crippen MR) is 144 cm³/mol. The highest BCUT2D eigenvalue weighted by Crippen LogP contribution is 2.49. The van der Waals surface area contributed by atoms with Crippen LogP contribution in [0.5, 0.6) is 5.75 Å². The third-order valence-corrected chi connectivity index (χ3v) is 7.55. The van der Waals surface area contributed by atoms with E-state index in [0.29, 0.717) is 56.0 Å². The molecular weight excluding hydrogens is 489 g/mol. The maximum Gasteiger partial charge on any atom is 0.169 e. The largest absolute Gasteiger partial charge is 0.509 e. The molecule has 1 heterocycles. The lowest BCUT2D eigenvalue weighted by Gasteiger charge is -2.22. The topological polar surface area (TPSA) is 67.5 Å². The fraction of sp³-hybridized carbons (Fsp3) is 0. The van der Waals surface area contributed by atoms with Gasteiger partial charge in [0.2, 0.25) is 0 Å². The maximum atomic E-state index is 12.7. The molecular formula is C20H12B4Cl4O4. The second kappa shape index (κ2) is 8.10. The first kappa shape index (κ1) is 23.2. The Morgan fingerprint density at radius 2 is 1.47 bits per heavy atom. The van der Waals surface area contributed by atoms with Crippen LogP contribution in [-0.2, 0) is 0 Å². The summed E-state index contributed by atoms with van der Waals surface area (Å²) >= 11 is 25.6. The molecule has 0 fully saturated rings. The van der Waals surface area contributed by atoms with Gasteiger partial charge in [-0.1, -0.05) is 58.5 Å². The average Bonchev–Trinajstić information content (AvgIpc) is 2.76. The van der Waals surface area contributed by atoms with E-state index < -0.39 is 0 Å². The van der Waals surface area contributed by atoms with Crippen LogP contribution in [0.25, 0.3) is 33.4 Å². The lowest BCUT2D eigenvalue weighted by Crippen LogP contribution is -2.40. The fourth-order valence-corrected chi connectivity index (χ4v) is 5.07. The van der Waals surface area contributed by atoms with Crippen LogP contribution >= 0.6 is 46.4 Å². The van der Waals surface area contributed by atoms with Crippen molar-refractivity contribution >= 4 is 117 Å². The molecule has 32 heavy (non-hydrogen) atoms. The van der Waals surface area contributed by atoms with Crippen molar-refractivity contribution in [2.75, 3.05) is 0 Å². The maximum absolute atomic E-state index is 12.7. The average molecular weight is 501 g/mol. The van der Waals surface area contributed by atoms with Crippen LogP contribution in [0.1, 0.15) is 10.4 Å². The highest BCUT2D eigenvalue weighted by Gasteiger charge is 2.29. The van der Waals surface area contributed by atoms with E-state index in [0.717, 1.165) is 0 Å². The predicted octanol–water partition coefficient (Wildman–Crippen LogP) is -0.270. The van der Waals surface area contributed by atoms with Crippen LogP contribution in [0, 0.1) is 0 Å². The molecule has 2 aromatic carbocycles. The number of aldehydes is 1. The highest BCUT2D eigenvalue weighted by molar-refractivity contribution is 6.54. The van der Waals surface area contributed by atoms with Gasteiger partial charge in [0.15, 0.2) is 11.7 Å². The summed E-state index contributed by atoms with van der Waals surface area (Å²) < 4.78 is 6.16. The van der Waals surface area contributed by atoms with Crippen LogP contribution in [0.4, 0.5) is 0 Å². The molecule has 1 N–H and O–H groups in total. The Balaban J connectivity index is 2.41. The van der Waals surface area contributed by atoms with Crippen molar-refractivity contribution < 1.29 is 14.3 Å². The molecule has 0 aromatic heterocycles. The molecule has 1 aliphatic heterocycles. The van der Waals surface area contributed by atoms with Gasteiger partial charge in [-0.2, -0.15) is 0 Å². The molecule has 4 rings (SSSR count). The van der Waals surface area contributed by atoms with Gasteiger partial charge in [0.25, 0.3) is 0 Å². The second-order valence-electron chi connectivity index (χ2n) is 7.71. The minimum Gasteiger partial charge on any atom is -0.509 e. The number of aromatic hydroxyl groups is 1. The normalized spacial score (nSPS) is 11.4. The molecule has 0 amide bonds. The van der Waals surface area contributed by atoms with Gasteiger partial charge in [0.05, 0.1) is 20.1 Å². The third kappa shape index (κ3) is 3.19. The van der Waals surface area contributed by atoms with Gasteiger partial charge in [-0.15, -0.1) is 0 Å². The molecule has 12 heteroatoms. The number of phenolic OH excluding ortho intramolecular Hbond substituents is 1. The zero-order valence-electron chi connectivity index (χ0n) is 17.4. The third-order valence-electron chi connectivity index (χ3n) is 5.73. The SMILES string of the molecule is Bc1cc2c(-c3c(Cl)c(Cl)c(Cl)c(Cl)c3C=O)c3cc(B)c(=O)c(B)c-3oc2c(B)c1O. The number of hydrogen-bond donors (Lipinski definition) is 1. The standard InChI is InChI=1S/C20H12B4Cl4O4/c21-7-1-4-9(10-6(3-29)13(25)15(27)16(28)14(10)26)5-2-8(22)18(31)12(24)20(5)32-19(4)11(23)17(7)30/h1-3,30H,21-24H2. The molecule has 0 saturated carbocycles. The van der Waals surface area contributed by atoms with E-state index in [1.54, 1.807) is 43.5 Å². The number of phenols is 1. The molecule has 2 aromatic rings. The monoisotopic (exact) mass is 500 g/mol. The molecule has 156 valence electrons. The van der Waals surface area contributed by atoms with Crippen molar-refractivity contribution in [2.45, 2.75) is 0 Å². The highest BCUT2D eigenvalue weighted by atomic mass is 35.5. The Hall–Kier alpha value is -1.98. The van der Waals surface area contributed by atoms with Crippen molar-refractivity contribution in [3.63, 3.8) is 0 Å². The minimum atomic E-state index is -0.172. The minimum absolute atomic E-state index is 0.00198. The Kier molecular flexibility index (Phi) is 5.87. The van der Waals surface area contributed by atoms with Gasteiger partial charge in [0, 0.05) is 27.6 Å². The first-order chi connectivity index (χ1) is 15.0. The van der Waals surface area contributed by atoms with Crippen molar-refractivity contribution in [2.24, 2.45) is 0 Å². The summed E-state index contributed by atoms with van der Waals surface area (Å²) in [7, 11) is 6.80. The Morgan fingerprint density at radius 3 is 2.09 bits per heavy atom. The lowest BCUT2D eigenvalue weighted by molar-refractivity contribution is 0.112. The van der Waals surface area contributed by atoms with Crippen molar-refractivity contribution in [1.29, 1.82) is 0 Å². The van der Waals surface area contributed by atoms with Gasteiger partial charge in [0.1, 0.15) is 48.5 Å². The van der Waals surface area contributed by atoms with Gasteiger partial charge in [-0.3, -0.25) is 9.59 Å². The van der Waals surface area contributed by atoms with E-state index in [2.05, 4.69) is 0 Å². The van der Waals surface area contributed by atoms with Crippen molar-refractivity contribution in [3.05, 3.63) is 48.0 Å². The number of benzene rings is 3. The first-order valence-corrected chi connectivity index (χ1v) is 11.0. The zero-order chi connectivity index (χ0) is 23.6. The first-order valence-electron chi connectivity index (χ1n) is 9.52. The van der Waals surface area contributed by atoms with E-state index in [1.165, 1.54) is 0 Å². The Bertz CT molecular complexity index is 1520. The quantitative estimate of drug-likeness (QED) is 0.135. The molecule has 0 atom stereocenters. The molecule has 4 nitrogen and oxygen atoms in total. The molecule has 0 spiro atoms. The van der Waals surface area contributed by atoms with Crippen molar-refractivity contribution in [3.8, 4) is 28.2 Å². The number of rotatable bonds is 2. The molecule has 0 unspecified atom stereocenters. The molecule has 0 bridgehead atoms. The summed E-state index contributed by atoms with van der Waals surface area (Å²) in [4.78, 5) is 24.8. The van der Waals surface area contributed by atoms with Crippen LogP contribution in [-0.4, -0.2) is 42.8 Å². The summed E-state index contributed by atoms with van der Waals surface area (Å²) in [6.07, 6.45) is 0.565. The fourth-order valence-electron chi connectivity index (χ4n) is 4.06. The summed E-state index contributed by atoms with van der Waals surface area (Å²) in [5.74, 6) is 0.372. The van der Waals surface area contributed by atoms with Crippen LogP contribution in [0.3, 0.4) is 0 Å². The Labute approximate surface area is 206 Å². The van der Waals surface area contributed by atoms with Gasteiger partial charge in [-0.05, 0) is 21.9 Å². The van der Waals surface area contributed by atoms with Crippen LogP contribution < -0.4 is 27.3 Å². The second-order valence-corrected chi connectivity index (χ2v) is 9.22. The van der Waals surface area contributed by atoms with E-state index in [9.17, 15) is 14.7 Å².